The van der Waals surface area contributed by atoms with E-state index < -0.39 is 0 Å². The van der Waals surface area contributed by atoms with Gasteiger partial charge in [-0.2, -0.15) is 0 Å². The van der Waals surface area contributed by atoms with Gasteiger partial charge in [-0.15, -0.1) is 11.3 Å². The highest BCUT2D eigenvalue weighted by atomic mass is 32.1. The van der Waals surface area contributed by atoms with Crippen LogP contribution in [0.25, 0.3) is 10.8 Å². The summed E-state index contributed by atoms with van der Waals surface area (Å²) in [6.45, 7) is 2.05. The highest BCUT2D eigenvalue weighted by molar-refractivity contribution is 7.09. The molecular formula is C16H17N3S. The maximum Gasteiger partial charge on any atom is 0.0897 e. The average molecular weight is 283 g/mol. The second kappa shape index (κ2) is 5.69. The Hall–Kier alpha value is -1.78. The second-order valence-electron chi connectivity index (χ2n) is 4.85. The number of fused-ring (bicyclic) bond motifs is 1. The minimum atomic E-state index is 0.254. The molecule has 0 spiro atoms. The van der Waals surface area contributed by atoms with Gasteiger partial charge < -0.3 is 5.32 Å². The van der Waals surface area contributed by atoms with Crippen molar-refractivity contribution >= 4 is 22.1 Å². The van der Waals surface area contributed by atoms with Gasteiger partial charge in [-0.3, -0.25) is 4.98 Å². The minimum Gasteiger partial charge on any atom is -0.313 e. The van der Waals surface area contributed by atoms with Crippen molar-refractivity contribution in [2.75, 3.05) is 7.05 Å². The Morgan fingerprint density at radius 2 is 2.20 bits per heavy atom. The van der Waals surface area contributed by atoms with Crippen LogP contribution in [0.4, 0.5) is 0 Å². The summed E-state index contributed by atoms with van der Waals surface area (Å²) in [6, 6.07) is 8.71. The molecule has 102 valence electrons. The molecule has 3 rings (SSSR count). The average Bonchev–Trinajstić information content (AvgIpc) is 2.89. The first-order valence-electron chi connectivity index (χ1n) is 6.69. The maximum atomic E-state index is 4.57. The van der Waals surface area contributed by atoms with E-state index in [-0.39, 0.29) is 6.04 Å². The van der Waals surface area contributed by atoms with Gasteiger partial charge in [0, 0.05) is 35.6 Å². The Labute approximate surface area is 122 Å². The third-order valence-corrected chi connectivity index (χ3v) is 4.34. The molecule has 2 heterocycles. The van der Waals surface area contributed by atoms with E-state index in [1.807, 2.05) is 26.4 Å². The van der Waals surface area contributed by atoms with Crippen LogP contribution in [-0.2, 0) is 6.42 Å². The molecule has 3 nitrogen and oxygen atoms in total. The predicted molar refractivity (Wildman–Crippen MR) is 84.1 cm³/mol. The van der Waals surface area contributed by atoms with E-state index in [0.717, 1.165) is 17.1 Å². The maximum absolute atomic E-state index is 4.57. The first-order chi connectivity index (χ1) is 9.78. The predicted octanol–water partition coefficient (Wildman–Crippen LogP) is 3.50. The Kier molecular flexibility index (Phi) is 3.76. The molecule has 0 bridgehead atoms. The zero-order chi connectivity index (χ0) is 13.9. The van der Waals surface area contributed by atoms with E-state index in [9.17, 15) is 0 Å². The SMILES string of the molecule is CNC(Cc1csc(C)n1)c1cccc2ccncc12. The van der Waals surface area contributed by atoms with Crippen LogP contribution >= 0.6 is 11.3 Å². The second-order valence-corrected chi connectivity index (χ2v) is 5.91. The van der Waals surface area contributed by atoms with Crippen molar-refractivity contribution < 1.29 is 0 Å². The van der Waals surface area contributed by atoms with E-state index >= 15 is 0 Å². The largest absolute Gasteiger partial charge is 0.313 e. The molecule has 0 radical (unpaired) electrons. The molecule has 0 aliphatic rings. The molecular weight excluding hydrogens is 266 g/mol. The van der Waals surface area contributed by atoms with Gasteiger partial charge in [0.15, 0.2) is 0 Å². The third kappa shape index (κ3) is 2.57. The smallest absolute Gasteiger partial charge is 0.0897 e. The monoisotopic (exact) mass is 283 g/mol. The number of aryl methyl sites for hydroxylation is 1. The lowest BCUT2D eigenvalue weighted by atomic mass is 9.97. The lowest BCUT2D eigenvalue weighted by Crippen LogP contribution is -2.19. The van der Waals surface area contributed by atoms with Gasteiger partial charge in [0.25, 0.3) is 0 Å². The van der Waals surface area contributed by atoms with Crippen LogP contribution in [0, 0.1) is 6.92 Å². The van der Waals surface area contributed by atoms with Gasteiger partial charge in [0.2, 0.25) is 0 Å². The first kappa shape index (κ1) is 13.2. The molecule has 4 heteroatoms. The van der Waals surface area contributed by atoms with Crippen molar-refractivity contribution in [3.63, 3.8) is 0 Å². The number of thiazole rings is 1. The Morgan fingerprint density at radius 1 is 1.30 bits per heavy atom. The van der Waals surface area contributed by atoms with Crippen LogP contribution in [0.15, 0.2) is 42.0 Å². The van der Waals surface area contributed by atoms with Gasteiger partial charge in [0.1, 0.15) is 0 Å². The first-order valence-corrected chi connectivity index (χ1v) is 7.57. The van der Waals surface area contributed by atoms with E-state index in [1.54, 1.807) is 11.3 Å². The molecule has 20 heavy (non-hydrogen) atoms. The topological polar surface area (TPSA) is 37.8 Å². The summed E-state index contributed by atoms with van der Waals surface area (Å²) in [5, 5.41) is 9.11. The summed E-state index contributed by atoms with van der Waals surface area (Å²) < 4.78 is 0. The molecule has 0 amide bonds. The van der Waals surface area contributed by atoms with Gasteiger partial charge in [0.05, 0.1) is 10.7 Å². The third-order valence-electron chi connectivity index (χ3n) is 3.52. The van der Waals surface area contributed by atoms with Crippen molar-refractivity contribution in [2.45, 2.75) is 19.4 Å². The van der Waals surface area contributed by atoms with E-state index in [4.69, 9.17) is 0 Å². The Morgan fingerprint density at radius 3 is 2.95 bits per heavy atom. The van der Waals surface area contributed by atoms with Crippen LogP contribution in [0.1, 0.15) is 22.3 Å². The zero-order valence-electron chi connectivity index (χ0n) is 11.6. The molecule has 1 atom stereocenters. The quantitative estimate of drug-likeness (QED) is 0.796. The number of hydrogen-bond acceptors (Lipinski definition) is 4. The van der Waals surface area contributed by atoms with Gasteiger partial charge in [-0.25, -0.2) is 4.98 Å². The Balaban J connectivity index is 1.98. The van der Waals surface area contributed by atoms with E-state index in [2.05, 4.69) is 44.9 Å². The number of pyridine rings is 1. The molecule has 0 saturated heterocycles. The van der Waals surface area contributed by atoms with Crippen LogP contribution in [-0.4, -0.2) is 17.0 Å². The number of rotatable bonds is 4. The molecule has 0 saturated carbocycles. The normalized spacial score (nSPS) is 12.7. The van der Waals surface area contributed by atoms with E-state index in [1.165, 1.54) is 16.3 Å². The number of likely N-dealkylation sites (N-methyl/N-ethyl adjacent to an activating group) is 1. The molecule has 2 aromatic heterocycles. The fourth-order valence-electron chi connectivity index (χ4n) is 2.52. The number of benzene rings is 1. The fraction of sp³-hybridized carbons (Fsp3) is 0.250. The van der Waals surface area contributed by atoms with E-state index in [0.29, 0.717) is 0 Å². The standard InChI is InChI=1S/C16H17N3S/c1-11-19-13(10-20-11)8-16(17-2)14-5-3-4-12-6-7-18-9-15(12)14/h3-7,9-10,16-17H,8H2,1-2H3. The molecule has 0 fully saturated rings. The van der Waals surface area contributed by atoms with Crippen molar-refractivity contribution in [3.8, 4) is 0 Å². The summed E-state index contributed by atoms with van der Waals surface area (Å²) in [7, 11) is 2.00. The minimum absolute atomic E-state index is 0.254. The molecule has 0 aliphatic carbocycles. The molecule has 1 unspecified atom stereocenters. The highest BCUT2D eigenvalue weighted by Gasteiger charge is 2.14. The number of nitrogens with zero attached hydrogens (tertiary/aromatic N) is 2. The highest BCUT2D eigenvalue weighted by Crippen LogP contribution is 2.26. The van der Waals surface area contributed by atoms with Gasteiger partial charge in [-0.1, -0.05) is 18.2 Å². The van der Waals surface area contributed by atoms with Crippen molar-refractivity contribution in [1.29, 1.82) is 0 Å². The summed E-state index contributed by atoms with van der Waals surface area (Å²) in [6.07, 6.45) is 4.68. The molecule has 1 N–H and O–H groups in total. The van der Waals surface area contributed by atoms with Crippen molar-refractivity contribution in [1.82, 2.24) is 15.3 Å². The van der Waals surface area contributed by atoms with Crippen LogP contribution in [0.2, 0.25) is 0 Å². The Bertz CT molecular complexity index is 715. The van der Waals surface area contributed by atoms with Crippen LogP contribution in [0.3, 0.4) is 0 Å². The number of hydrogen-bond donors (Lipinski definition) is 1. The number of nitrogens with one attached hydrogen (secondary N) is 1. The summed E-state index contributed by atoms with van der Waals surface area (Å²) in [5.74, 6) is 0. The summed E-state index contributed by atoms with van der Waals surface area (Å²) in [5.41, 5.74) is 2.43. The van der Waals surface area contributed by atoms with Crippen LogP contribution in [0.5, 0.6) is 0 Å². The molecule has 3 aromatic rings. The molecule has 1 aromatic carbocycles. The van der Waals surface area contributed by atoms with Crippen molar-refractivity contribution in [2.24, 2.45) is 0 Å². The fourth-order valence-corrected chi connectivity index (χ4v) is 3.14. The number of aromatic nitrogens is 2. The van der Waals surface area contributed by atoms with Crippen LogP contribution < -0.4 is 5.32 Å². The lowest BCUT2D eigenvalue weighted by molar-refractivity contribution is 0.589. The van der Waals surface area contributed by atoms with Gasteiger partial charge >= 0.3 is 0 Å². The summed E-state index contributed by atoms with van der Waals surface area (Å²) >= 11 is 1.70. The lowest BCUT2D eigenvalue weighted by Gasteiger charge is -2.17. The van der Waals surface area contributed by atoms with Gasteiger partial charge in [-0.05, 0) is 31.0 Å². The molecule has 0 aliphatic heterocycles. The summed E-state index contributed by atoms with van der Waals surface area (Å²) in [4.78, 5) is 8.83. The van der Waals surface area contributed by atoms with Crippen molar-refractivity contribution in [3.05, 3.63) is 58.3 Å². The zero-order valence-corrected chi connectivity index (χ0v) is 12.4.